The van der Waals surface area contributed by atoms with Crippen molar-refractivity contribution in [2.45, 2.75) is 19.6 Å². The minimum Gasteiger partial charge on any atom is -0.496 e. The van der Waals surface area contributed by atoms with E-state index in [1.165, 1.54) is 19.2 Å². The summed E-state index contributed by atoms with van der Waals surface area (Å²) in [5.41, 5.74) is 2.21. The number of methoxy groups -OCH3 is 1. The van der Waals surface area contributed by atoms with Crippen molar-refractivity contribution in [3.05, 3.63) is 83.7 Å². The third-order valence-corrected chi connectivity index (χ3v) is 5.03. The van der Waals surface area contributed by atoms with E-state index >= 15 is 0 Å². The summed E-state index contributed by atoms with van der Waals surface area (Å²) in [6.45, 7) is 1.93. The molecule has 0 fully saturated rings. The lowest BCUT2D eigenvalue weighted by molar-refractivity contribution is -0.125. The second-order valence-electron chi connectivity index (χ2n) is 7.15. The largest absolute Gasteiger partial charge is 0.496 e. The second kappa shape index (κ2) is 8.47. The molecule has 0 bridgehead atoms. The summed E-state index contributed by atoms with van der Waals surface area (Å²) < 4.78 is 24.2. The molecule has 3 aromatic rings. The van der Waals surface area contributed by atoms with Gasteiger partial charge in [0, 0.05) is 5.69 Å². The molecular formula is C24H21FN2O4. The van der Waals surface area contributed by atoms with E-state index in [4.69, 9.17) is 9.47 Å². The zero-order valence-electron chi connectivity index (χ0n) is 17.1. The number of carbonyl (C=O) groups excluding carboxylic acids is 2. The minimum absolute atomic E-state index is 0.218. The molecule has 6 nitrogen and oxygen atoms in total. The van der Waals surface area contributed by atoms with Gasteiger partial charge in [0.15, 0.2) is 6.10 Å². The number of nitrogens with one attached hydrogen (secondary N) is 1. The summed E-state index contributed by atoms with van der Waals surface area (Å²) in [5, 5.41) is 2.84. The van der Waals surface area contributed by atoms with Crippen LogP contribution in [0.15, 0.2) is 66.7 Å². The molecule has 1 aliphatic rings. The van der Waals surface area contributed by atoms with Crippen LogP contribution >= 0.6 is 0 Å². The Kier molecular flexibility index (Phi) is 5.58. The number of benzene rings is 3. The molecule has 0 spiro atoms. The Balaban J connectivity index is 1.63. The molecule has 1 heterocycles. The van der Waals surface area contributed by atoms with Crippen molar-refractivity contribution in [1.82, 2.24) is 0 Å². The van der Waals surface area contributed by atoms with E-state index < -0.39 is 6.10 Å². The molecule has 3 aromatic carbocycles. The van der Waals surface area contributed by atoms with Crippen molar-refractivity contribution < 1.29 is 23.5 Å². The number of para-hydroxylation sites is 1. The number of carbonyl (C=O) groups is 2. The summed E-state index contributed by atoms with van der Waals surface area (Å²) in [6, 6.07) is 18.0. The predicted molar refractivity (Wildman–Crippen MR) is 115 cm³/mol. The van der Waals surface area contributed by atoms with E-state index in [0.29, 0.717) is 28.4 Å². The fourth-order valence-electron chi connectivity index (χ4n) is 3.45. The fraction of sp³-hybridized carbons (Fsp3) is 0.167. The molecule has 158 valence electrons. The lowest BCUT2D eigenvalue weighted by Crippen LogP contribution is -2.44. The van der Waals surface area contributed by atoms with E-state index in [2.05, 4.69) is 5.32 Å². The highest BCUT2D eigenvalue weighted by Crippen LogP contribution is 2.37. The van der Waals surface area contributed by atoms with Gasteiger partial charge in [-0.2, -0.15) is 0 Å². The number of nitrogens with zero attached hydrogens (tertiary/aromatic N) is 1. The Morgan fingerprint density at radius 2 is 1.87 bits per heavy atom. The van der Waals surface area contributed by atoms with Crippen molar-refractivity contribution in [2.75, 3.05) is 17.3 Å². The molecule has 2 amide bonds. The highest BCUT2D eigenvalue weighted by atomic mass is 19.1. The van der Waals surface area contributed by atoms with Crippen molar-refractivity contribution in [3.8, 4) is 11.5 Å². The highest BCUT2D eigenvalue weighted by Gasteiger charge is 2.32. The smallest absolute Gasteiger partial charge is 0.268 e. The first-order chi connectivity index (χ1) is 15.0. The van der Waals surface area contributed by atoms with Crippen LogP contribution in [0.3, 0.4) is 0 Å². The third-order valence-electron chi connectivity index (χ3n) is 5.03. The second-order valence-corrected chi connectivity index (χ2v) is 7.15. The van der Waals surface area contributed by atoms with Crippen LogP contribution < -0.4 is 19.7 Å². The zero-order valence-corrected chi connectivity index (χ0v) is 17.1. The van der Waals surface area contributed by atoms with Crippen molar-refractivity contribution >= 4 is 23.2 Å². The fourth-order valence-corrected chi connectivity index (χ4v) is 3.45. The van der Waals surface area contributed by atoms with Gasteiger partial charge in [0.2, 0.25) is 0 Å². The summed E-state index contributed by atoms with van der Waals surface area (Å²) in [5.74, 6) is 0.101. The van der Waals surface area contributed by atoms with Gasteiger partial charge < -0.3 is 19.7 Å². The number of hydrogen-bond acceptors (Lipinski definition) is 4. The molecule has 7 heteroatoms. The molecule has 1 N–H and O–H groups in total. The van der Waals surface area contributed by atoms with Crippen molar-refractivity contribution in [2.24, 2.45) is 0 Å². The van der Waals surface area contributed by atoms with Crippen molar-refractivity contribution in [1.29, 1.82) is 0 Å². The maximum Gasteiger partial charge on any atom is 0.268 e. The number of anilines is 2. The Labute approximate surface area is 179 Å². The normalized spacial score (nSPS) is 15.1. The third kappa shape index (κ3) is 4.21. The van der Waals surface area contributed by atoms with Crippen LogP contribution in [0, 0.1) is 5.82 Å². The van der Waals surface area contributed by atoms with E-state index in [-0.39, 0.29) is 24.2 Å². The maximum absolute atomic E-state index is 13.3. The molecule has 31 heavy (non-hydrogen) atoms. The van der Waals surface area contributed by atoms with Crippen LogP contribution in [-0.4, -0.2) is 25.0 Å². The molecule has 0 saturated heterocycles. The van der Waals surface area contributed by atoms with E-state index in [1.807, 2.05) is 0 Å². The Bertz CT molecular complexity index is 1130. The molecule has 0 aliphatic carbocycles. The van der Waals surface area contributed by atoms with E-state index in [0.717, 1.165) is 5.56 Å². The van der Waals surface area contributed by atoms with E-state index in [1.54, 1.807) is 66.4 Å². The summed E-state index contributed by atoms with van der Waals surface area (Å²) in [4.78, 5) is 27.1. The monoisotopic (exact) mass is 420 g/mol. The average Bonchev–Trinajstić information content (AvgIpc) is 2.78. The number of rotatable bonds is 5. The summed E-state index contributed by atoms with van der Waals surface area (Å²) >= 11 is 0. The number of halogens is 1. The van der Waals surface area contributed by atoms with Crippen LogP contribution in [0.25, 0.3) is 0 Å². The molecule has 1 unspecified atom stereocenters. The lowest BCUT2D eigenvalue weighted by atomic mass is 10.1. The summed E-state index contributed by atoms with van der Waals surface area (Å²) in [6.07, 6.45) is -0.651. The standard InChI is InChI=1S/C24H21FN2O4/c1-15-24(29)27(14-16-7-9-17(25)10-8-16)20-13-18(11-12-22(20)31-15)26-23(28)19-5-3-4-6-21(19)30-2/h3-13,15H,14H2,1-2H3,(H,26,28). The average molecular weight is 420 g/mol. The van der Waals surface area contributed by atoms with Gasteiger partial charge >= 0.3 is 0 Å². The Morgan fingerprint density at radius 3 is 2.61 bits per heavy atom. The predicted octanol–water partition coefficient (Wildman–Crippen LogP) is 4.40. The van der Waals surface area contributed by atoms with Crippen LogP contribution in [0.1, 0.15) is 22.8 Å². The van der Waals surface area contributed by atoms with Gasteiger partial charge in [-0.1, -0.05) is 24.3 Å². The van der Waals surface area contributed by atoms with Crippen LogP contribution in [0.4, 0.5) is 15.8 Å². The van der Waals surface area contributed by atoms with Gasteiger partial charge in [0.25, 0.3) is 11.8 Å². The van der Waals surface area contributed by atoms with Gasteiger partial charge in [-0.3, -0.25) is 9.59 Å². The number of ether oxygens (including phenoxy) is 2. The minimum atomic E-state index is -0.651. The quantitative estimate of drug-likeness (QED) is 0.664. The lowest BCUT2D eigenvalue weighted by Gasteiger charge is -2.33. The van der Waals surface area contributed by atoms with Crippen LogP contribution in [0.2, 0.25) is 0 Å². The van der Waals surface area contributed by atoms with Crippen molar-refractivity contribution in [3.63, 3.8) is 0 Å². The van der Waals surface area contributed by atoms with Gasteiger partial charge in [0.05, 0.1) is 24.9 Å². The Hall–Kier alpha value is -3.87. The molecule has 0 saturated carbocycles. The molecule has 1 aliphatic heterocycles. The molecule has 4 rings (SSSR count). The molecular weight excluding hydrogens is 399 g/mol. The SMILES string of the molecule is COc1ccccc1C(=O)Nc1ccc2c(c1)N(Cc1ccc(F)cc1)C(=O)C(C)O2. The zero-order chi connectivity index (χ0) is 22.0. The number of hydrogen-bond donors (Lipinski definition) is 1. The first kappa shape index (κ1) is 20.4. The molecule has 1 atom stereocenters. The first-order valence-corrected chi connectivity index (χ1v) is 9.77. The summed E-state index contributed by atoms with van der Waals surface area (Å²) in [7, 11) is 1.50. The van der Waals surface area contributed by atoms with Gasteiger partial charge in [-0.05, 0) is 55.0 Å². The maximum atomic E-state index is 13.3. The first-order valence-electron chi connectivity index (χ1n) is 9.77. The number of fused-ring (bicyclic) bond motifs is 1. The number of amides is 2. The van der Waals surface area contributed by atoms with Crippen LogP contribution in [0.5, 0.6) is 11.5 Å². The van der Waals surface area contributed by atoms with E-state index in [9.17, 15) is 14.0 Å². The van der Waals surface area contributed by atoms with Crippen LogP contribution in [-0.2, 0) is 11.3 Å². The molecule has 0 aromatic heterocycles. The topological polar surface area (TPSA) is 67.9 Å². The van der Waals surface area contributed by atoms with Gasteiger partial charge in [-0.25, -0.2) is 4.39 Å². The Morgan fingerprint density at radius 1 is 1.13 bits per heavy atom. The highest BCUT2D eigenvalue weighted by molar-refractivity contribution is 6.07. The van der Waals surface area contributed by atoms with Gasteiger partial charge in [-0.15, -0.1) is 0 Å². The van der Waals surface area contributed by atoms with Gasteiger partial charge in [0.1, 0.15) is 17.3 Å². The molecule has 0 radical (unpaired) electrons.